The van der Waals surface area contributed by atoms with E-state index in [-0.39, 0.29) is 6.79 Å². The van der Waals surface area contributed by atoms with Gasteiger partial charge in [-0.2, -0.15) is 0 Å². The van der Waals surface area contributed by atoms with E-state index in [2.05, 4.69) is 4.74 Å². The van der Waals surface area contributed by atoms with Crippen LogP contribution in [0.5, 0.6) is 0 Å². The van der Waals surface area contributed by atoms with Gasteiger partial charge in [0, 0.05) is 0 Å². The topological polar surface area (TPSA) is 35.5 Å². The second-order valence-corrected chi connectivity index (χ2v) is 2.49. The van der Waals surface area contributed by atoms with Gasteiger partial charge in [0.1, 0.15) is 0 Å². The highest BCUT2D eigenvalue weighted by Gasteiger charge is 1.91. The van der Waals surface area contributed by atoms with Crippen LogP contribution in [0.4, 0.5) is 0 Å². The van der Waals surface area contributed by atoms with Gasteiger partial charge in [0.2, 0.25) is 0 Å². The third kappa shape index (κ3) is 4.28. The molecule has 0 saturated carbocycles. The third-order valence-electron chi connectivity index (χ3n) is 1.58. The molecule has 3 heteroatoms. The average molecular weight is 179 g/mol. The molecule has 0 spiro atoms. The Bertz CT molecular complexity index is 233. The molecule has 0 fully saturated rings. The van der Waals surface area contributed by atoms with Crippen LogP contribution in [0.15, 0.2) is 30.3 Å². The second kappa shape index (κ2) is 6.20. The first-order valence-electron chi connectivity index (χ1n) is 4.04. The molecule has 69 valence electrons. The molecule has 0 aliphatic carbocycles. The predicted octanol–water partition coefficient (Wildman–Crippen LogP) is 1.29. The van der Waals surface area contributed by atoms with Gasteiger partial charge in [-0.1, -0.05) is 30.3 Å². The summed E-state index contributed by atoms with van der Waals surface area (Å²) in [5.74, 6) is 0. The highest BCUT2D eigenvalue weighted by molar-refractivity contribution is 5.37. The lowest BCUT2D eigenvalue weighted by atomic mass is 10.2. The molecule has 1 rings (SSSR count). The van der Waals surface area contributed by atoms with Gasteiger partial charge in [-0.15, -0.1) is 0 Å². The number of hydrogen-bond acceptors (Lipinski definition) is 3. The van der Waals surface area contributed by atoms with Gasteiger partial charge in [-0.3, -0.25) is 0 Å². The van der Waals surface area contributed by atoms with Gasteiger partial charge in [0.25, 0.3) is 0 Å². The van der Waals surface area contributed by atoms with Crippen LogP contribution in [0.2, 0.25) is 0 Å². The first-order valence-corrected chi connectivity index (χ1v) is 4.04. The van der Waals surface area contributed by atoms with E-state index >= 15 is 0 Å². The van der Waals surface area contributed by atoms with Crippen LogP contribution in [-0.2, 0) is 20.7 Å². The molecule has 1 aromatic rings. The van der Waals surface area contributed by atoms with Crippen molar-refractivity contribution in [2.75, 3.05) is 13.4 Å². The molecule has 0 amide bonds. The molecule has 0 aromatic heterocycles. The maximum Gasteiger partial charge on any atom is 0.419 e. The van der Waals surface area contributed by atoms with Crippen molar-refractivity contribution in [1.82, 2.24) is 0 Å². The molecule has 0 atom stereocenters. The summed E-state index contributed by atoms with van der Waals surface area (Å²) in [5, 5.41) is 0. The van der Waals surface area contributed by atoms with E-state index in [1.807, 2.05) is 30.3 Å². The SMILES string of the molecule is O=[C]OCOCCc1ccccc1. The van der Waals surface area contributed by atoms with E-state index in [4.69, 9.17) is 4.74 Å². The van der Waals surface area contributed by atoms with E-state index in [9.17, 15) is 4.79 Å². The lowest BCUT2D eigenvalue weighted by molar-refractivity contribution is 0.00747. The van der Waals surface area contributed by atoms with Crippen molar-refractivity contribution < 1.29 is 14.3 Å². The Hall–Kier alpha value is -1.35. The Morgan fingerprint density at radius 1 is 1.23 bits per heavy atom. The normalized spacial score (nSPS) is 9.54. The van der Waals surface area contributed by atoms with Crippen LogP contribution >= 0.6 is 0 Å². The van der Waals surface area contributed by atoms with Crippen LogP contribution in [0.3, 0.4) is 0 Å². The molecule has 0 N–H and O–H groups in total. The number of ether oxygens (including phenoxy) is 2. The van der Waals surface area contributed by atoms with Crippen LogP contribution in [0.25, 0.3) is 0 Å². The fourth-order valence-electron chi connectivity index (χ4n) is 0.959. The summed E-state index contributed by atoms with van der Waals surface area (Å²) in [6.07, 6.45) is 0.822. The van der Waals surface area contributed by atoms with E-state index in [1.165, 1.54) is 12.0 Å². The molecule has 0 saturated heterocycles. The van der Waals surface area contributed by atoms with Crippen molar-refractivity contribution in [1.29, 1.82) is 0 Å². The average Bonchev–Trinajstić information content (AvgIpc) is 2.19. The summed E-state index contributed by atoms with van der Waals surface area (Å²) in [6.45, 7) is 1.82. The maximum absolute atomic E-state index is 9.61. The quantitative estimate of drug-likeness (QED) is 0.487. The lowest BCUT2D eigenvalue weighted by Gasteiger charge is -2.01. The van der Waals surface area contributed by atoms with Gasteiger partial charge in [-0.05, 0) is 12.0 Å². The van der Waals surface area contributed by atoms with Crippen LogP contribution in [0.1, 0.15) is 5.56 Å². The summed E-state index contributed by atoms with van der Waals surface area (Å²) in [4.78, 5) is 9.61. The standard InChI is InChI=1S/C10H11O3/c11-8-13-9-12-7-6-10-4-2-1-3-5-10/h1-5H,6-7,9H2. The van der Waals surface area contributed by atoms with Gasteiger partial charge in [0.05, 0.1) is 6.61 Å². The Balaban J connectivity index is 2.10. The third-order valence-corrected chi connectivity index (χ3v) is 1.58. The minimum atomic E-state index is -0.0175. The number of carbonyl (C=O) groups excluding carboxylic acids is 1. The minimum Gasteiger partial charge on any atom is -0.430 e. The monoisotopic (exact) mass is 179 g/mol. The first kappa shape index (κ1) is 9.74. The zero-order valence-electron chi connectivity index (χ0n) is 7.23. The van der Waals surface area contributed by atoms with Crippen molar-refractivity contribution in [2.24, 2.45) is 0 Å². The number of hydrogen-bond donors (Lipinski definition) is 0. The largest absolute Gasteiger partial charge is 0.430 e. The first-order chi connectivity index (χ1) is 6.43. The molecule has 3 nitrogen and oxygen atoms in total. The maximum atomic E-state index is 9.61. The fourth-order valence-corrected chi connectivity index (χ4v) is 0.959. The van der Waals surface area contributed by atoms with Crippen molar-refractivity contribution >= 4 is 6.47 Å². The molecule has 0 heterocycles. The Morgan fingerprint density at radius 3 is 2.69 bits per heavy atom. The van der Waals surface area contributed by atoms with E-state index in [1.54, 1.807) is 0 Å². The summed E-state index contributed by atoms with van der Waals surface area (Å²) in [6, 6.07) is 9.97. The molecule has 1 aromatic carbocycles. The van der Waals surface area contributed by atoms with Crippen molar-refractivity contribution in [3.8, 4) is 0 Å². The summed E-state index contributed by atoms with van der Waals surface area (Å²) < 4.78 is 9.24. The molecular weight excluding hydrogens is 168 g/mol. The second-order valence-electron chi connectivity index (χ2n) is 2.49. The van der Waals surface area contributed by atoms with Gasteiger partial charge < -0.3 is 9.47 Å². The van der Waals surface area contributed by atoms with Crippen molar-refractivity contribution in [2.45, 2.75) is 6.42 Å². The van der Waals surface area contributed by atoms with Crippen molar-refractivity contribution in [3.63, 3.8) is 0 Å². The van der Waals surface area contributed by atoms with Gasteiger partial charge in [0.15, 0.2) is 6.79 Å². The molecular formula is C10H11O3. The molecule has 13 heavy (non-hydrogen) atoms. The Labute approximate surface area is 77.3 Å². The Morgan fingerprint density at radius 2 is 2.00 bits per heavy atom. The number of benzene rings is 1. The van der Waals surface area contributed by atoms with E-state index in [0.717, 1.165) is 6.42 Å². The molecule has 0 unspecified atom stereocenters. The highest BCUT2D eigenvalue weighted by atomic mass is 16.7. The zero-order chi connectivity index (χ0) is 9.36. The summed E-state index contributed by atoms with van der Waals surface area (Å²) >= 11 is 0. The van der Waals surface area contributed by atoms with Crippen LogP contribution in [0, 0.1) is 0 Å². The fraction of sp³-hybridized carbons (Fsp3) is 0.300. The minimum absolute atomic E-state index is 0.0175. The van der Waals surface area contributed by atoms with Crippen LogP contribution in [-0.4, -0.2) is 19.9 Å². The Kier molecular flexibility index (Phi) is 4.64. The smallest absolute Gasteiger partial charge is 0.419 e. The molecule has 0 aliphatic heterocycles. The van der Waals surface area contributed by atoms with Gasteiger partial charge >= 0.3 is 6.47 Å². The van der Waals surface area contributed by atoms with E-state index < -0.39 is 0 Å². The molecule has 0 bridgehead atoms. The van der Waals surface area contributed by atoms with E-state index in [0.29, 0.717) is 6.61 Å². The summed E-state index contributed by atoms with van der Waals surface area (Å²) in [7, 11) is 0. The molecule has 1 radical (unpaired) electrons. The highest BCUT2D eigenvalue weighted by Crippen LogP contribution is 1.99. The molecule has 0 aliphatic rings. The van der Waals surface area contributed by atoms with Gasteiger partial charge in [-0.25, -0.2) is 4.79 Å². The lowest BCUT2D eigenvalue weighted by Crippen LogP contribution is -2.02. The van der Waals surface area contributed by atoms with Crippen molar-refractivity contribution in [3.05, 3.63) is 35.9 Å². The van der Waals surface area contributed by atoms with Crippen LogP contribution < -0.4 is 0 Å². The zero-order valence-corrected chi connectivity index (χ0v) is 7.23. The predicted molar refractivity (Wildman–Crippen MR) is 47.7 cm³/mol. The summed E-state index contributed by atoms with van der Waals surface area (Å²) in [5.41, 5.74) is 1.21. The number of rotatable bonds is 6.